The van der Waals surface area contributed by atoms with Gasteiger partial charge in [-0.3, -0.25) is 5.41 Å². The van der Waals surface area contributed by atoms with Crippen molar-refractivity contribution in [1.82, 2.24) is 0 Å². The van der Waals surface area contributed by atoms with Crippen LogP contribution in [0.25, 0.3) is 0 Å². The van der Waals surface area contributed by atoms with Crippen LogP contribution < -0.4 is 0 Å². The summed E-state index contributed by atoms with van der Waals surface area (Å²) < 4.78 is 0. The van der Waals surface area contributed by atoms with Gasteiger partial charge in [-0.25, -0.2) is 4.99 Å². The third-order valence-corrected chi connectivity index (χ3v) is 2.83. The predicted molar refractivity (Wildman–Crippen MR) is 91.8 cm³/mol. The van der Waals surface area contributed by atoms with Crippen LogP contribution in [0.5, 0.6) is 0 Å². The van der Waals surface area contributed by atoms with Crippen LogP contribution in [0.3, 0.4) is 0 Å². The first-order valence-corrected chi connectivity index (χ1v) is 7.48. The van der Waals surface area contributed by atoms with Gasteiger partial charge < -0.3 is 0 Å². The van der Waals surface area contributed by atoms with Gasteiger partial charge in [-0.05, 0) is 31.8 Å². The molecule has 0 aromatic heterocycles. The smallest absolute Gasteiger partial charge is 0.147 e. The van der Waals surface area contributed by atoms with Crippen LogP contribution in [0.15, 0.2) is 53.1 Å². The highest BCUT2D eigenvalue weighted by Crippen LogP contribution is 2.07. The van der Waals surface area contributed by atoms with Gasteiger partial charge in [-0.2, -0.15) is 0 Å². The number of amidine groups is 1. The normalized spacial score (nSPS) is 14.0. The molecular formula is C18H28N2. The molecule has 2 nitrogen and oxygen atoms in total. The quantitative estimate of drug-likeness (QED) is 0.337. The predicted octanol–water partition coefficient (Wildman–Crippen LogP) is 5.64. The van der Waals surface area contributed by atoms with E-state index in [-0.39, 0.29) is 0 Å². The van der Waals surface area contributed by atoms with Crippen LogP contribution in [0, 0.1) is 5.41 Å². The van der Waals surface area contributed by atoms with E-state index in [2.05, 4.69) is 50.1 Å². The fourth-order valence-corrected chi connectivity index (χ4v) is 1.57. The molecule has 1 N–H and O–H groups in total. The lowest BCUT2D eigenvalue weighted by molar-refractivity contribution is 1.14. The minimum atomic E-state index is 0.389. The summed E-state index contributed by atoms with van der Waals surface area (Å²) in [6.07, 6.45) is 17.8. The standard InChI is InChI=1S/C18H28N2/c1-5-9-11-12-13-15-17(8-4)20-18(19)16(7-3)14-10-6-2/h6,9-14,19H,5,7-8,15H2,1-4H3/b10-6-,11-9-,13-12-,16-14+,19-18?,20-17?. The Labute approximate surface area is 124 Å². The van der Waals surface area contributed by atoms with Crippen molar-refractivity contribution in [3.8, 4) is 0 Å². The van der Waals surface area contributed by atoms with Crippen molar-refractivity contribution in [3.63, 3.8) is 0 Å². The molecule has 0 radical (unpaired) electrons. The second-order valence-electron chi connectivity index (χ2n) is 4.42. The molecule has 0 saturated carbocycles. The Morgan fingerprint density at radius 1 is 1.00 bits per heavy atom. The molecule has 110 valence electrons. The largest absolute Gasteiger partial charge is 0.283 e. The van der Waals surface area contributed by atoms with Crippen LogP contribution in [0.1, 0.15) is 53.4 Å². The van der Waals surface area contributed by atoms with Crippen LogP contribution >= 0.6 is 0 Å². The van der Waals surface area contributed by atoms with Crippen molar-refractivity contribution < 1.29 is 0 Å². The highest BCUT2D eigenvalue weighted by atomic mass is 14.8. The average Bonchev–Trinajstić information content (AvgIpc) is 2.46. The fourth-order valence-electron chi connectivity index (χ4n) is 1.57. The van der Waals surface area contributed by atoms with E-state index in [1.165, 1.54) is 0 Å². The monoisotopic (exact) mass is 272 g/mol. The lowest BCUT2D eigenvalue weighted by Crippen LogP contribution is -2.03. The van der Waals surface area contributed by atoms with Gasteiger partial charge in [0.15, 0.2) is 0 Å². The molecule has 0 heterocycles. The SMILES string of the molecule is C/C=C\C=C(/CC)C(=N)N=C(CC)C/C=C\C=C/CC. The minimum Gasteiger partial charge on any atom is -0.283 e. The molecular weight excluding hydrogens is 244 g/mol. The van der Waals surface area contributed by atoms with E-state index in [1.54, 1.807) is 0 Å². The maximum atomic E-state index is 8.08. The minimum absolute atomic E-state index is 0.389. The van der Waals surface area contributed by atoms with E-state index >= 15 is 0 Å². The third kappa shape index (κ3) is 8.41. The van der Waals surface area contributed by atoms with Crippen molar-refractivity contribution in [2.24, 2.45) is 4.99 Å². The first-order valence-electron chi connectivity index (χ1n) is 7.48. The zero-order chi connectivity index (χ0) is 15.2. The van der Waals surface area contributed by atoms with Gasteiger partial charge in [-0.1, -0.05) is 63.3 Å². The van der Waals surface area contributed by atoms with Gasteiger partial charge in [-0.15, -0.1) is 0 Å². The molecule has 0 amide bonds. The second kappa shape index (κ2) is 12.3. The molecule has 0 rings (SSSR count). The first kappa shape index (κ1) is 18.3. The molecule has 0 aliphatic rings. The summed E-state index contributed by atoms with van der Waals surface area (Å²) in [5.74, 6) is 0.389. The molecule has 2 heteroatoms. The molecule has 0 aliphatic carbocycles. The molecule has 0 aromatic carbocycles. The van der Waals surface area contributed by atoms with Crippen molar-refractivity contribution in [1.29, 1.82) is 5.41 Å². The van der Waals surface area contributed by atoms with E-state index in [9.17, 15) is 0 Å². The highest BCUT2D eigenvalue weighted by Gasteiger charge is 2.02. The van der Waals surface area contributed by atoms with E-state index in [1.807, 2.05) is 25.2 Å². The van der Waals surface area contributed by atoms with Crippen molar-refractivity contribution in [3.05, 3.63) is 48.1 Å². The Hall–Kier alpha value is -1.70. The zero-order valence-electron chi connectivity index (χ0n) is 13.3. The molecule has 0 saturated heterocycles. The first-order chi connectivity index (χ1) is 9.69. The maximum absolute atomic E-state index is 8.08. The maximum Gasteiger partial charge on any atom is 0.147 e. The summed E-state index contributed by atoms with van der Waals surface area (Å²) >= 11 is 0. The molecule has 20 heavy (non-hydrogen) atoms. The number of nitrogens with one attached hydrogen (secondary N) is 1. The summed E-state index contributed by atoms with van der Waals surface area (Å²) in [4.78, 5) is 4.46. The molecule has 0 aromatic rings. The fraction of sp³-hybridized carbons (Fsp3) is 0.444. The summed E-state index contributed by atoms with van der Waals surface area (Å²) in [7, 11) is 0. The van der Waals surface area contributed by atoms with Crippen LogP contribution in [0.2, 0.25) is 0 Å². The average molecular weight is 272 g/mol. The van der Waals surface area contributed by atoms with Gasteiger partial charge in [0.2, 0.25) is 0 Å². The van der Waals surface area contributed by atoms with Crippen molar-refractivity contribution in [2.45, 2.75) is 53.4 Å². The van der Waals surface area contributed by atoms with Crippen LogP contribution in [-0.2, 0) is 0 Å². The molecule has 0 aliphatic heterocycles. The van der Waals surface area contributed by atoms with Gasteiger partial charge in [0, 0.05) is 12.1 Å². The summed E-state index contributed by atoms with van der Waals surface area (Å²) in [6.45, 7) is 8.24. The Morgan fingerprint density at radius 3 is 2.25 bits per heavy atom. The Morgan fingerprint density at radius 2 is 1.70 bits per heavy atom. The molecule has 0 atom stereocenters. The Balaban J connectivity index is 4.74. The van der Waals surface area contributed by atoms with Gasteiger partial charge >= 0.3 is 0 Å². The Kier molecular flexibility index (Phi) is 11.3. The summed E-state index contributed by atoms with van der Waals surface area (Å²) in [5.41, 5.74) is 2.03. The van der Waals surface area contributed by atoms with Crippen LogP contribution in [-0.4, -0.2) is 11.5 Å². The molecule has 0 spiro atoms. The number of aliphatic imine (C=N–C) groups is 1. The molecule has 0 fully saturated rings. The molecule has 0 bridgehead atoms. The second-order valence-corrected chi connectivity index (χ2v) is 4.42. The van der Waals surface area contributed by atoms with E-state index in [0.29, 0.717) is 5.84 Å². The van der Waals surface area contributed by atoms with Crippen molar-refractivity contribution in [2.75, 3.05) is 0 Å². The van der Waals surface area contributed by atoms with E-state index in [4.69, 9.17) is 5.41 Å². The van der Waals surface area contributed by atoms with Crippen molar-refractivity contribution >= 4 is 11.5 Å². The topological polar surface area (TPSA) is 36.2 Å². The lowest BCUT2D eigenvalue weighted by Gasteiger charge is -2.04. The third-order valence-electron chi connectivity index (χ3n) is 2.83. The summed E-state index contributed by atoms with van der Waals surface area (Å²) in [6, 6.07) is 0. The summed E-state index contributed by atoms with van der Waals surface area (Å²) in [5, 5.41) is 8.08. The van der Waals surface area contributed by atoms with E-state index in [0.717, 1.165) is 37.0 Å². The van der Waals surface area contributed by atoms with Gasteiger partial charge in [0.25, 0.3) is 0 Å². The molecule has 0 unspecified atom stereocenters. The number of hydrogen-bond donors (Lipinski definition) is 1. The number of rotatable bonds is 8. The number of allylic oxidation sites excluding steroid dienone is 7. The lowest BCUT2D eigenvalue weighted by atomic mass is 10.1. The van der Waals surface area contributed by atoms with Crippen LogP contribution in [0.4, 0.5) is 0 Å². The zero-order valence-corrected chi connectivity index (χ0v) is 13.3. The number of nitrogens with zero attached hydrogens (tertiary/aromatic N) is 1. The highest BCUT2D eigenvalue weighted by molar-refractivity contribution is 6.05. The van der Waals surface area contributed by atoms with Gasteiger partial charge in [0.1, 0.15) is 5.84 Å². The number of hydrogen-bond acceptors (Lipinski definition) is 1. The Bertz CT molecular complexity index is 421. The van der Waals surface area contributed by atoms with E-state index < -0.39 is 0 Å². The van der Waals surface area contributed by atoms with Gasteiger partial charge in [0.05, 0.1) is 0 Å².